The van der Waals surface area contributed by atoms with Crippen molar-refractivity contribution in [3.8, 4) is 0 Å². The van der Waals surface area contributed by atoms with Crippen molar-refractivity contribution in [3.63, 3.8) is 0 Å². The molecule has 1 rings (SSSR count). The molecule has 0 spiro atoms. The molecule has 1 saturated heterocycles. The molecule has 1 aliphatic heterocycles. The van der Waals surface area contributed by atoms with Crippen molar-refractivity contribution >= 4 is 17.7 Å². The number of carbonyl (C=O) groups excluding carboxylic acids is 1. The molecule has 1 aliphatic rings. The molecule has 17 heavy (non-hydrogen) atoms. The number of carbonyl (C=O) groups is 1. The van der Waals surface area contributed by atoms with Crippen LogP contribution < -0.4 is 5.32 Å². The first-order valence-electron chi connectivity index (χ1n) is 6.57. The standard InChI is InChI=1S/C13H26N2OS/c1-5-15(6-2)12(16)8-14-11-7-13(3,4)10-17-9-11/h11,14H,5-10H2,1-4H3. The topological polar surface area (TPSA) is 32.3 Å². The molecule has 0 aliphatic carbocycles. The van der Waals surface area contributed by atoms with Gasteiger partial charge in [0.1, 0.15) is 0 Å². The van der Waals surface area contributed by atoms with E-state index in [-0.39, 0.29) is 5.91 Å². The van der Waals surface area contributed by atoms with Gasteiger partial charge in [-0.2, -0.15) is 11.8 Å². The van der Waals surface area contributed by atoms with Crippen LogP contribution >= 0.6 is 11.8 Å². The molecule has 3 nitrogen and oxygen atoms in total. The van der Waals surface area contributed by atoms with Crippen LogP contribution in [0.4, 0.5) is 0 Å². The predicted octanol–water partition coefficient (Wildman–Crippen LogP) is 1.98. The van der Waals surface area contributed by atoms with Crippen LogP contribution in [0, 0.1) is 5.41 Å². The highest BCUT2D eigenvalue weighted by atomic mass is 32.2. The van der Waals surface area contributed by atoms with Crippen LogP contribution in [0.2, 0.25) is 0 Å². The summed E-state index contributed by atoms with van der Waals surface area (Å²) >= 11 is 1.99. The molecule has 100 valence electrons. The lowest BCUT2D eigenvalue weighted by Crippen LogP contribution is -2.45. The van der Waals surface area contributed by atoms with E-state index in [1.54, 1.807) is 0 Å². The van der Waals surface area contributed by atoms with E-state index in [9.17, 15) is 4.79 Å². The zero-order chi connectivity index (χ0) is 12.9. The summed E-state index contributed by atoms with van der Waals surface area (Å²) in [6, 6.07) is 0.489. The zero-order valence-corrected chi connectivity index (χ0v) is 12.4. The summed E-state index contributed by atoms with van der Waals surface area (Å²) in [6.07, 6.45) is 1.17. The number of nitrogens with one attached hydrogen (secondary N) is 1. The Morgan fingerprint density at radius 3 is 2.59 bits per heavy atom. The minimum Gasteiger partial charge on any atom is -0.342 e. The predicted molar refractivity (Wildman–Crippen MR) is 75.4 cm³/mol. The molecule has 1 unspecified atom stereocenters. The van der Waals surface area contributed by atoms with Crippen LogP contribution in [-0.2, 0) is 4.79 Å². The number of nitrogens with zero attached hydrogens (tertiary/aromatic N) is 1. The van der Waals surface area contributed by atoms with Crippen molar-refractivity contribution in [1.29, 1.82) is 0 Å². The Labute approximate surface area is 110 Å². The highest BCUT2D eigenvalue weighted by Gasteiger charge is 2.28. The van der Waals surface area contributed by atoms with Gasteiger partial charge < -0.3 is 10.2 Å². The summed E-state index contributed by atoms with van der Waals surface area (Å²) in [5.41, 5.74) is 0.402. The SMILES string of the molecule is CCN(CC)C(=O)CNC1CSCC(C)(C)C1. The Morgan fingerprint density at radius 1 is 1.41 bits per heavy atom. The second-order valence-corrected chi connectivity index (χ2v) is 6.56. The van der Waals surface area contributed by atoms with Crippen molar-refractivity contribution in [2.45, 2.75) is 40.2 Å². The molecule has 0 saturated carbocycles. The number of likely N-dealkylation sites (N-methyl/N-ethyl adjacent to an activating group) is 1. The largest absolute Gasteiger partial charge is 0.342 e. The molecule has 1 atom stereocenters. The van der Waals surface area contributed by atoms with Crippen LogP contribution in [0.25, 0.3) is 0 Å². The van der Waals surface area contributed by atoms with Gasteiger partial charge in [-0.1, -0.05) is 13.8 Å². The Morgan fingerprint density at radius 2 is 2.06 bits per heavy atom. The lowest BCUT2D eigenvalue weighted by Gasteiger charge is -2.35. The van der Waals surface area contributed by atoms with Crippen molar-refractivity contribution < 1.29 is 4.79 Å². The smallest absolute Gasteiger partial charge is 0.236 e. The quantitative estimate of drug-likeness (QED) is 0.818. The molecule has 1 amide bonds. The maximum atomic E-state index is 11.9. The highest BCUT2D eigenvalue weighted by Crippen LogP contribution is 2.33. The fourth-order valence-electron chi connectivity index (χ4n) is 2.31. The van der Waals surface area contributed by atoms with Gasteiger partial charge in [0.15, 0.2) is 0 Å². The van der Waals surface area contributed by atoms with E-state index in [1.807, 2.05) is 30.5 Å². The summed E-state index contributed by atoms with van der Waals surface area (Å²) in [4.78, 5) is 13.7. The molecular weight excluding hydrogens is 232 g/mol. The monoisotopic (exact) mass is 258 g/mol. The van der Waals surface area contributed by atoms with E-state index < -0.39 is 0 Å². The van der Waals surface area contributed by atoms with Crippen molar-refractivity contribution in [2.75, 3.05) is 31.1 Å². The zero-order valence-electron chi connectivity index (χ0n) is 11.6. The summed E-state index contributed by atoms with van der Waals surface area (Å²) in [7, 11) is 0. The third-order valence-electron chi connectivity index (χ3n) is 3.27. The van der Waals surface area contributed by atoms with Gasteiger partial charge in [-0.15, -0.1) is 0 Å². The molecule has 0 aromatic rings. The number of thioether (sulfide) groups is 1. The summed E-state index contributed by atoms with van der Waals surface area (Å²) in [5.74, 6) is 2.59. The van der Waals surface area contributed by atoms with Crippen LogP contribution in [0.3, 0.4) is 0 Å². The van der Waals surface area contributed by atoms with Gasteiger partial charge >= 0.3 is 0 Å². The highest BCUT2D eigenvalue weighted by molar-refractivity contribution is 7.99. The fourth-order valence-corrected chi connectivity index (χ4v) is 3.62. The van der Waals surface area contributed by atoms with Crippen LogP contribution in [0.1, 0.15) is 34.1 Å². The average molecular weight is 258 g/mol. The Kier molecular flexibility index (Phi) is 5.80. The maximum absolute atomic E-state index is 11.9. The van der Waals surface area contributed by atoms with Gasteiger partial charge in [0, 0.05) is 24.9 Å². The molecule has 0 aromatic heterocycles. The van der Waals surface area contributed by atoms with Gasteiger partial charge in [0.25, 0.3) is 0 Å². The number of amides is 1. The van der Waals surface area contributed by atoms with E-state index in [2.05, 4.69) is 19.2 Å². The minimum atomic E-state index is 0.225. The summed E-state index contributed by atoms with van der Waals surface area (Å²) in [5, 5.41) is 3.41. The lowest BCUT2D eigenvalue weighted by atomic mass is 9.88. The maximum Gasteiger partial charge on any atom is 0.236 e. The summed E-state index contributed by atoms with van der Waals surface area (Å²) in [6.45, 7) is 10.8. The van der Waals surface area contributed by atoms with Gasteiger partial charge in [-0.05, 0) is 31.4 Å². The number of rotatable bonds is 5. The average Bonchev–Trinajstić information content (AvgIpc) is 2.27. The first-order chi connectivity index (χ1) is 7.98. The summed E-state index contributed by atoms with van der Waals surface area (Å²) < 4.78 is 0. The molecule has 1 heterocycles. The first kappa shape index (κ1) is 14.8. The third kappa shape index (κ3) is 4.88. The van der Waals surface area contributed by atoms with Gasteiger partial charge in [-0.25, -0.2) is 0 Å². The fraction of sp³-hybridized carbons (Fsp3) is 0.923. The Hall–Kier alpha value is -0.220. The number of hydrogen-bond donors (Lipinski definition) is 1. The number of hydrogen-bond acceptors (Lipinski definition) is 3. The minimum absolute atomic E-state index is 0.225. The van der Waals surface area contributed by atoms with E-state index >= 15 is 0 Å². The molecule has 0 aromatic carbocycles. The van der Waals surface area contributed by atoms with E-state index in [0.29, 0.717) is 18.0 Å². The van der Waals surface area contributed by atoms with Gasteiger partial charge in [0.05, 0.1) is 6.54 Å². The molecule has 0 radical (unpaired) electrons. The van der Waals surface area contributed by atoms with Crippen molar-refractivity contribution in [2.24, 2.45) is 5.41 Å². The molecular formula is C13H26N2OS. The Bertz CT molecular complexity index is 252. The Balaban J connectivity index is 2.33. The van der Waals surface area contributed by atoms with Gasteiger partial charge in [0.2, 0.25) is 5.91 Å². The molecule has 4 heteroatoms. The first-order valence-corrected chi connectivity index (χ1v) is 7.73. The normalized spacial score (nSPS) is 23.4. The van der Waals surface area contributed by atoms with E-state index in [0.717, 1.165) is 18.8 Å². The van der Waals surface area contributed by atoms with Crippen LogP contribution in [0.5, 0.6) is 0 Å². The van der Waals surface area contributed by atoms with Crippen molar-refractivity contribution in [3.05, 3.63) is 0 Å². The molecule has 1 fully saturated rings. The van der Waals surface area contributed by atoms with E-state index in [4.69, 9.17) is 0 Å². The molecule has 0 bridgehead atoms. The second-order valence-electron chi connectivity index (χ2n) is 5.53. The third-order valence-corrected chi connectivity index (χ3v) is 4.89. The van der Waals surface area contributed by atoms with Gasteiger partial charge in [-0.3, -0.25) is 4.79 Å². The van der Waals surface area contributed by atoms with Crippen LogP contribution in [-0.4, -0.2) is 48.0 Å². The van der Waals surface area contributed by atoms with Crippen LogP contribution in [0.15, 0.2) is 0 Å². The van der Waals surface area contributed by atoms with E-state index in [1.165, 1.54) is 12.2 Å². The van der Waals surface area contributed by atoms with Crippen molar-refractivity contribution in [1.82, 2.24) is 10.2 Å². The molecule has 1 N–H and O–H groups in total. The second kappa shape index (κ2) is 6.64. The lowest BCUT2D eigenvalue weighted by molar-refractivity contribution is -0.130.